The summed E-state index contributed by atoms with van der Waals surface area (Å²) in [5, 5.41) is 4.83. The third-order valence-electron chi connectivity index (χ3n) is 2.53. The lowest BCUT2D eigenvalue weighted by atomic mass is 10.1. The molecule has 0 aliphatic heterocycles. The van der Waals surface area contributed by atoms with Gasteiger partial charge in [-0.05, 0) is 12.5 Å². The molecule has 1 aromatic carbocycles. The van der Waals surface area contributed by atoms with Gasteiger partial charge in [0.25, 0.3) is 0 Å². The first kappa shape index (κ1) is 11.9. The largest absolute Gasteiger partial charge is 0.298 e. The van der Waals surface area contributed by atoms with E-state index in [0.29, 0.717) is 10.6 Å². The molecule has 0 fully saturated rings. The van der Waals surface area contributed by atoms with Crippen molar-refractivity contribution in [3.8, 4) is 11.1 Å². The first-order valence-corrected chi connectivity index (χ1v) is 5.90. The number of aromatic nitrogens is 2. The van der Waals surface area contributed by atoms with Crippen LogP contribution in [0.4, 0.5) is 0 Å². The quantitative estimate of drug-likeness (QED) is 0.777. The van der Waals surface area contributed by atoms with Crippen LogP contribution >= 0.6 is 11.6 Å². The summed E-state index contributed by atoms with van der Waals surface area (Å²) in [7, 11) is 0. The maximum atomic E-state index is 10.6. The molecule has 0 unspecified atom stereocenters. The van der Waals surface area contributed by atoms with Gasteiger partial charge in [-0.1, -0.05) is 30.7 Å². The number of rotatable bonds is 4. The molecule has 0 aliphatic carbocycles. The Bertz CT molecular complexity index is 534. The monoisotopic (exact) mass is 248 g/mol. The number of carbonyl (C=O) groups is 1. The maximum Gasteiger partial charge on any atom is 0.150 e. The SMILES string of the molecule is CCCn1cc(-c2ccc(C=O)cc2Cl)cn1. The molecule has 0 N–H and O–H groups in total. The number of hydrogen-bond donors (Lipinski definition) is 0. The second-order valence-electron chi connectivity index (χ2n) is 3.85. The van der Waals surface area contributed by atoms with Crippen molar-refractivity contribution in [3.05, 3.63) is 41.2 Å². The number of halogens is 1. The fourth-order valence-corrected chi connectivity index (χ4v) is 1.99. The summed E-state index contributed by atoms with van der Waals surface area (Å²) < 4.78 is 1.89. The molecular formula is C13H13ClN2O. The van der Waals surface area contributed by atoms with Gasteiger partial charge in [-0.25, -0.2) is 0 Å². The summed E-state index contributed by atoms with van der Waals surface area (Å²) >= 11 is 6.13. The van der Waals surface area contributed by atoms with Gasteiger partial charge in [0.1, 0.15) is 6.29 Å². The van der Waals surface area contributed by atoms with Gasteiger partial charge >= 0.3 is 0 Å². The lowest BCUT2D eigenvalue weighted by Gasteiger charge is -2.01. The summed E-state index contributed by atoms with van der Waals surface area (Å²) in [6.07, 6.45) is 5.58. The van der Waals surface area contributed by atoms with Crippen molar-refractivity contribution >= 4 is 17.9 Å². The Morgan fingerprint density at radius 3 is 2.94 bits per heavy atom. The molecule has 0 bridgehead atoms. The Balaban J connectivity index is 2.35. The maximum absolute atomic E-state index is 10.6. The number of aryl methyl sites for hydroxylation is 1. The predicted octanol–water partition coefficient (Wildman–Crippen LogP) is 3.43. The molecule has 0 spiro atoms. The minimum atomic E-state index is 0.575. The molecule has 0 radical (unpaired) electrons. The first-order valence-electron chi connectivity index (χ1n) is 5.52. The standard InChI is InChI=1S/C13H13ClN2O/c1-2-5-16-8-11(7-15-16)12-4-3-10(9-17)6-13(12)14/h3-4,6-9H,2,5H2,1H3. The molecule has 3 nitrogen and oxygen atoms in total. The van der Waals surface area contributed by atoms with Crippen LogP contribution in [0, 0.1) is 0 Å². The molecule has 2 aromatic rings. The van der Waals surface area contributed by atoms with E-state index >= 15 is 0 Å². The highest BCUT2D eigenvalue weighted by Gasteiger charge is 2.06. The van der Waals surface area contributed by atoms with Gasteiger partial charge < -0.3 is 0 Å². The second kappa shape index (κ2) is 5.15. The van der Waals surface area contributed by atoms with Crippen molar-refractivity contribution in [1.82, 2.24) is 9.78 Å². The summed E-state index contributed by atoms with van der Waals surface area (Å²) in [6.45, 7) is 3.00. The van der Waals surface area contributed by atoms with Gasteiger partial charge in [-0.2, -0.15) is 5.10 Å². The minimum absolute atomic E-state index is 0.575. The van der Waals surface area contributed by atoms with Crippen molar-refractivity contribution in [2.45, 2.75) is 19.9 Å². The Labute approximate surface area is 105 Å². The van der Waals surface area contributed by atoms with Crippen LogP contribution in [0.2, 0.25) is 5.02 Å². The van der Waals surface area contributed by atoms with E-state index in [4.69, 9.17) is 11.6 Å². The van der Waals surface area contributed by atoms with E-state index in [2.05, 4.69) is 12.0 Å². The van der Waals surface area contributed by atoms with E-state index in [9.17, 15) is 4.79 Å². The fourth-order valence-electron chi connectivity index (χ4n) is 1.69. The zero-order valence-corrected chi connectivity index (χ0v) is 10.3. The zero-order chi connectivity index (χ0) is 12.3. The number of aldehydes is 1. The molecule has 1 aromatic heterocycles. The molecular weight excluding hydrogens is 236 g/mol. The fraction of sp³-hybridized carbons (Fsp3) is 0.231. The highest BCUT2D eigenvalue weighted by atomic mass is 35.5. The summed E-state index contributed by atoms with van der Waals surface area (Å²) in [4.78, 5) is 10.6. The van der Waals surface area contributed by atoms with E-state index in [0.717, 1.165) is 30.4 Å². The highest BCUT2D eigenvalue weighted by molar-refractivity contribution is 6.33. The van der Waals surface area contributed by atoms with Crippen LogP contribution in [0.25, 0.3) is 11.1 Å². The van der Waals surface area contributed by atoms with E-state index < -0.39 is 0 Å². The van der Waals surface area contributed by atoms with Crippen LogP contribution in [0.1, 0.15) is 23.7 Å². The Morgan fingerprint density at radius 1 is 1.47 bits per heavy atom. The summed E-state index contributed by atoms with van der Waals surface area (Å²) in [5.41, 5.74) is 2.46. The average molecular weight is 249 g/mol. The van der Waals surface area contributed by atoms with Crippen LogP contribution in [-0.2, 0) is 6.54 Å². The van der Waals surface area contributed by atoms with Gasteiger partial charge in [-0.3, -0.25) is 9.48 Å². The smallest absolute Gasteiger partial charge is 0.150 e. The number of hydrogen-bond acceptors (Lipinski definition) is 2. The van der Waals surface area contributed by atoms with Crippen LogP contribution in [0.15, 0.2) is 30.6 Å². The molecule has 2 rings (SSSR count). The van der Waals surface area contributed by atoms with Crippen LogP contribution in [-0.4, -0.2) is 16.1 Å². The van der Waals surface area contributed by atoms with Gasteiger partial charge in [0.05, 0.1) is 6.20 Å². The van der Waals surface area contributed by atoms with Crippen molar-refractivity contribution in [2.75, 3.05) is 0 Å². The third kappa shape index (κ3) is 2.56. The zero-order valence-electron chi connectivity index (χ0n) is 9.56. The molecule has 0 saturated carbocycles. The topological polar surface area (TPSA) is 34.9 Å². The molecule has 4 heteroatoms. The van der Waals surface area contributed by atoms with Crippen LogP contribution < -0.4 is 0 Å². The number of carbonyl (C=O) groups excluding carboxylic acids is 1. The predicted molar refractivity (Wildman–Crippen MR) is 68.4 cm³/mol. The Kier molecular flexibility index (Phi) is 3.59. The number of nitrogens with zero attached hydrogens (tertiary/aromatic N) is 2. The van der Waals surface area contributed by atoms with E-state index in [-0.39, 0.29) is 0 Å². The molecule has 0 amide bonds. The summed E-state index contributed by atoms with van der Waals surface area (Å²) in [6, 6.07) is 5.27. The van der Waals surface area contributed by atoms with Crippen LogP contribution in [0.5, 0.6) is 0 Å². The third-order valence-corrected chi connectivity index (χ3v) is 2.84. The lowest BCUT2D eigenvalue weighted by Crippen LogP contribution is -1.95. The van der Waals surface area contributed by atoms with Crippen molar-refractivity contribution in [1.29, 1.82) is 0 Å². The average Bonchev–Trinajstić information content (AvgIpc) is 2.78. The highest BCUT2D eigenvalue weighted by Crippen LogP contribution is 2.28. The molecule has 0 aliphatic rings. The second-order valence-corrected chi connectivity index (χ2v) is 4.26. The van der Waals surface area contributed by atoms with Crippen molar-refractivity contribution < 1.29 is 4.79 Å². The molecule has 0 atom stereocenters. The molecule has 17 heavy (non-hydrogen) atoms. The van der Waals surface area contributed by atoms with Gasteiger partial charge in [0.2, 0.25) is 0 Å². The van der Waals surface area contributed by atoms with Gasteiger partial charge in [0.15, 0.2) is 0 Å². The van der Waals surface area contributed by atoms with Gasteiger partial charge in [-0.15, -0.1) is 0 Å². The molecule has 1 heterocycles. The van der Waals surface area contributed by atoms with E-state index in [1.807, 2.05) is 16.9 Å². The van der Waals surface area contributed by atoms with Crippen molar-refractivity contribution in [3.63, 3.8) is 0 Å². The normalized spacial score (nSPS) is 10.5. The Morgan fingerprint density at radius 2 is 2.29 bits per heavy atom. The Hall–Kier alpha value is -1.61. The molecule has 88 valence electrons. The van der Waals surface area contributed by atoms with Gasteiger partial charge in [0, 0.05) is 34.5 Å². The lowest BCUT2D eigenvalue weighted by molar-refractivity contribution is 0.112. The van der Waals surface area contributed by atoms with E-state index in [1.165, 1.54) is 0 Å². The van der Waals surface area contributed by atoms with Crippen LogP contribution in [0.3, 0.4) is 0 Å². The molecule has 0 saturated heterocycles. The van der Waals surface area contributed by atoms with E-state index in [1.54, 1.807) is 18.3 Å². The summed E-state index contributed by atoms with van der Waals surface area (Å²) in [5.74, 6) is 0. The number of benzene rings is 1. The van der Waals surface area contributed by atoms with Crippen molar-refractivity contribution in [2.24, 2.45) is 0 Å². The minimum Gasteiger partial charge on any atom is -0.298 e. The first-order chi connectivity index (χ1) is 8.24.